The largest absolute Gasteiger partial charge is 0.378 e. The van der Waals surface area contributed by atoms with Gasteiger partial charge < -0.3 is 20.3 Å². The summed E-state index contributed by atoms with van der Waals surface area (Å²) >= 11 is 0. The van der Waals surface area contributed by atoms with E-state index in [1.54, 1.807) is 0 Å². The molecule has 0 aliphatic carbocycles. The van der Waals surface area contributed by atoms with Crippen molar-refractivity contribution >= 4 is 5.91 Å². The monoisotopic (exact) mass is 243 g/mol. The number of likely N-dealkylation sites (N-methyl/N-ethyl adjacent to an activating group) is 1. The molecule has 5 nitrogen and oxygen atoms in total. The third-order valence-corrected chi connectivity index (χ3v) is 2.93. The molecular weight excluding hydrogens is 218 g/mol. The molecule has 1 saturated heterocycles. The second kappa shape index (κ2) is 6.93. The Morgan fingerprint density at radius 3 is 2.71 bits per heavy atom. The van der Waals surface area contributed by atoms with Gasteiger partial charge in [-0.25, -0.2) is 0 Å². The SMILES string of the molecule is CC(C)C(CN(C)C)NC(=O)C1COCCN1. The first-order chi connectivity index (χ1) is 8.00. The smallest absolute Gasteiger partial charge is 0.239 e. The molecule has 1 fully saturated rings. The summed E-state index contributed by atoms with van der Waals surface area (Å²) in [6.45, 7) is 7.02. The fourth-order valence-electron chi connectivity index (χ4n) is 1.83. The van der Waals surface area contributed by atoms with E-state index < -0.39 is 0 Å². The lowest BCUT2D eigenvalue weighted by molar-refractivity contribution is -0.127. The van der Waals surface area contributed by atoms with Crippen LogP contribution in [0.5, 0.6) is 0 Å². The molecule has 0 aromatic carbocycles. The molecule has 1 rings (SSSR count). The van der Waals surface area contributed by atoms with Crippen LogP contribution in [0.3, 0.4) is 0 Å². The maximum Gasteiger partial charge on any atom is 0.239 e. The molecule has 2 unspecified atom stereocenters. The van der Waals surface area contributed by atoms with E-state index >= 15 is 0 Å². The normalized spacial score (nSPS) is 22.8. The van der Waals surface area contributed by atoms with Crippen molar-refractivity contribution in [1.29, 1.82) is 0 Å². The first kappa shape index (κ1) is 14.4. The number of ether oxygens (including phenoxy) is 1. The fraction of sp³-hybridized carbons (Fsp3) is 0.917. The van der Waals surface area contributed by atoms with Crippen molar-refractivity contribution in [2.45, 2.75) is 25.9 Å². The summed E-state index contributed by atoms with van der Waals surface area (Å²) in [4.78, 5) is 14.1. The van der Waals surface area contributed by atoms with Crippen LogP contribution in [-0.2, 0) is 9.53 Å². The standard InChI is InChI=1S/C12H25N3O2/c1-9(2)10(7-15(3)4)14-12(16)11-8-17-6-5-13-11/h9-11,13H,5-8H2,1-4H3,(H,14,16). The van der Waals surface area contributed by atoms with Crippen molar-refractivity contribution in [2.24, 2.45) is 5.92 Å². The van der Waals surface area contributed by atoms with Gasteiger partial charge >= 0.3 is 0 Å². The van der Waals surface area contributed by atoms with Gasteiger partial charge in [-0.2, -0.15) is 0 Å². The Kier molecular flexibility index (Phi) is 5.88. The predicted molar refractivity (Wildman–Crippen MR) is 67.9 cm³/mol. The van der Waals surface area contributed by atoms with Gasteiger partial charge in [0.1, 0.15) is 6.04 Å². The lowest BCUT2D eigenvalue weighted by atomic mass is 10.0. The maximum atomic E-state index is 12.0. The number of hydrogen-bond donors (Lipinski definition) is 2. The molecule has 0 spiro atoms. The highest BCUT2D eigenvalue weighted by Gasteiger charge is 2.24. The molecule has 1 aliphatic heterocycles. The number of carbonyl (C=O) groups excluding carboxylic acids is 1. The molecule has 0 bridgehead atoms. The minimum Gasteiger partial charge on any atom is -0.378 e. The van der Waals surface area contributed by atoms with Crippen molar-refractivity contribution in [3.8, 4) is 0 Å². The minimum absolute atomic E-state index is 0.0465. The van der Waals surface area contributed by atoms with Crippen LogP contribution in [0.1, 0.15) is 13.8 Å². The molecule has 17 heavy (non-hydrogen) atoms. The summed E-state index contributed by atoms with van der Waals surface area (Å²) in [6, 6.07) is -0.0200. The lowest BCUT2D eigenvalue weighted by Crippen LogP contribution is -2.55. The van der Waals surface area contributed by atoms with Crippen LogP contribution < -0.4 is 10.6 Å². The summed E-state index contributed by atoms with van der Waals surface area (Å²) < 4.78 is 5.29. The zero-order valence-corrected chi connectivity index (χ0v) is 11.3. The molecule has 1 heterocycles. The van der Waals surface area contributed by atoms with Crippen LogP contribution in [0.25, 0.3) is 0 Å². The summed E-state index contributed by atoms with van der Waals surface area (Å²) in [5.41, 5.74) is 0. The Balaban J connectivity index is 2.44. The van der Waals surface area contributed by atoms with Gasteiger partial charge in [0, 0.05) is 19.1 Å². The second-order valence-electron chi connectivity index (χ2n) is 5.20. The van der Waals surface area contributed by atoms with Crippen LogP contribution in [0.15, 0.2) is 0 Å². The van der Waals surface area contributed by atoms with Crippen LogP contribution in [0.2, 0.25) is 0 Å². The highest BCUT2D eigenvalue weighted by Crippen LogP contribution is 2.04. The molecule has 5 heteroatoms. The van der Waals surface area contributed by atoms with Crippen molar-refractivity contribution in [3.05, 3.63) is 0 Å². The molecule has 0 aromatic heterocycles. The topological polar surface area (TPSA) is 53.6 Å². The summed E-state index contributed by atoms with van der Waals surface area (Å²) in [7, 11) is 4.03. The molecule has 1 amide bonds. The minimum atomic E-state index is -0.202. The Labute approximate surface area is 104 Å². The van der Waals surface area contributed by atoms with Gasteiger partial charge in [-0.3, -0.25) is 4.79 Å². The Bertz CT molecular complexity index is 238. The average Bonchev–Trinajstić information content (AvgIpc) is 2.28. The maximum absolute atomic E-state index is 12.0. The predicted octanol–water partition coefficient (Wildman–Crippen LogP) is -0.323. The van der Waals surface area contributed by atoms with E-state index in [4.69, 9.17) is 4.74 Å². The summed E-state index contributed by atoms with van der Waals surface area (Å²) in [5, 5.41) is 6.26. The Morgan fingerprint density at radius 1 is 1.53 bits per heavy atom. The number of hydrogen-bond acceptors (Lipinski definition) is 4. The zero-order valence-electron chi connectivity index (χ0n) is 11.3. The lowest BCUT2D eigenvalue weighted by Gasteiger charge is -2.29. The number of nitrogens with zero attached hydrogens (tertiary/aromatic N) is 1. The van der Waals surface area contributed by atoms with Gasteiger partial charge in [0.25, 0.3) is 0 Å². The number of nitrogens with one attached hydrogen (secondary N) is 2. The molecule has 2 atom stereocenters. The van der Waals surface area contributed by atoms with Gasteiger partial charge in [-0.1, -0.05) is 13.8 Å². The number of amides is 1. The Hall–Kier alpha value is -0.650. The zero-order chi connectivity index (χ0) is 12.8. The molecule has 100 valence electrons. The van der Waals surface area contributed by atoms with Gasteiger partial charge in [-0.15, -0.1) is 0 Å². The van der Waals surface area contributed by atoms with E-state index in [2.05, 4.69) is 29.4 Å². The quantitative estimate of drug-likeness (QED) is 0.695. The molecule has 2 N–H and O–H groups in total. The molecule has 1 aliphatic rings. The van der Waals surface area contributed by atoms with Crippen molar-refractivity contribution < 1.29 is 9.53 Å². The number of morpholine rings is 1. The average molecular weight is 243 g/mol. The number of carbonyl (C=O) groups is 1. The van der Waals surface area contributed by atoms with Crippen molar-refractivity contribution in [2.75, 3.05) is 40.4 Å². The van der Waals surface area contributed by atoms with E-state index in [0.717, 1.165) is 13.1 Å². The van der Waals surface area contributed by atoms with Crippen LogP contribution >= 0.6 is 0 Å². The molecule has 0 saturated carbocycles. The summed E-state index contributed by atoms with van der Waals surface area (Å²) in [6.07, 6.45) is 0. The fourth-order valence-corrected chi connectivity index (χ4v) is 1.83. The highest BCUT2D eigenvalue weighted by molar-refractivity contribution is 5.82. The Morgan fingerprint density at radius 2 is 2.24 bits per heavy atom. The molecule has 0 aromatic rings. The van der Waals surface area contributed by atoms with E-state index in [-0.39, 0.29) is 18.0 Å². The van der Waals surface area contributed by atoms with Crippen LogP contribution in [-0.4, -0.2) is 63.3 Å². The highest BCUT2D eigenvalue weighted by atomic mass is 16.5. The third kappa shape index (κ3) is 5.02. The van der Waals surface area contributed by atoms with E-state index in [0.29, 0.717) is 19.1 Å². The van der Waals surface area contributed by atoms with Gasteiger partial charge in [-0.05, 0) is 20.0 Å². The van der Waals surface area contributed by atoms with Gasteiger partial charge in [0.2, 0.25) is 5.91 Å². The van der Waals surface area contributed by atoms with E-state index in [9.17, 15) is 4.79 Å². The first-order valence-electron chi connectivity index (χ1n) is 6.27. The molecule has 0 radical (unpaired) electrons. The molecular formula is C12H25N3O2. The van der Waals surface area contributed by atoms with Crippen LogP contribution in [0.4, 0.5) is 0 Å². The second-order valence-corrected chi connectivity index (χ2v) is 5.20. The van der Waals surface area contributed by atoms with E-state index in [1.165, 1.54) is 0 Å². The number of rotatable bonds is 5. The van der Waals surface area contributed by atoms with E-state index in [1.807, 2.05) is 14.1 Å². The van der Waals surface area contributed by atoms with Crippen molar-refractivity contribution in [3.63, 3.8) is 0 Å². The van der Waals surface area contributed by atoms with Crippen molar-refractivity contribution in [1.82, 2.24) is 15.5 Å². The van der Waals surface area contributed by atoms with Gasteiger partial charge in [0.05, 0.1) is 13.2 Å². The van der Waals surface area contributed by atoms with Crippen LogP contribution in [0, 0.1) is 5.92 Å². The third-order valence-electron chi connectivity index (χ3n) is 2.93. The first-order valence-corrected chi connectivity index (χ1v) is 6.27. The summed E-state index contributed by atoms with van der Waals surface area (Å²) in [5.74, 6) is 0.469. The van der Waals surface area contributed by atoms with Gasteiger partial charge in [0.15, 0.2) is 0 Å².